The van der Waals surface area contributed by atoms with Gasteiger partial charge in [0.25, 0.3) is 5.91 Å². The van der Waals surface area contributed by atoms with E-state index in [9.17, 15) is 22.4 Å². The summed E-state index contributed by atoms with van der Waals surface area (Å²) < 4.78 is 56.4. The Bertz CT molecular complexity index is 502. The first-order valence-electron chi connectivity index (χ1n) is 6.28. The summed E-state index contributed by atoms with van der Waals surface area (Å²) in [6, 6.07) is 1.80. The van der Waals surface area contributed by atoms with Crippen LogP contribution in [0.3, 0.4) is 0 Å². The number of carbonyl (C=O) groups excluding carboxylic acids is 1. The number of alkyl halides is 3. The predicted octanol–water partition coefficient (Wildman–Crippen LogP) is 3.20. The van der Waals surface area contributed by atoms with Crippen molar-refractivity contribution in [2.45, 2.75) is 13.1 Å². The van der Waals surface area contributed by atoms with E-state index >= 15 is 0 Å². The molecule has 3 nitrogen and oxygen atoms in total. The zero-order chi connectivity index (χ0) is 16.2. The molecule has 7 heteroatoms. The van der Waals surface area contributed by atoms with Gasteiger partial charge in [-0.25, -0.2) is 4.39 Å². The van der Waals surface area contributed by atoms with Crippen molar-refractivity contribution in [1.82, 2.24) is 4.90 Å². The van der Waals surface area contributed by atoms with Crippen LogP contribution in [0.5, 0.6) is 0 Å². The fraction of sp³-hybridized carbons (Fsp3) is 0.500. The third-order valence-electron chi connectivity index (χ3n) is 2.91. The van der Waals surface area contributed by atoms with E-state index in [2.05, 4.69) is 0 Å². The predicted molar refractivity (Wildman–Crippen MR) is 69.4 cm³/mol. The molecule has 118 valence electrons. The Morgan fingerprint density at radius 1 is 1.38 bits per heavy atom. The van der Waals surface area contributed by atoms with Crippen LogP contribution in [0, 0.1) is 11.7 Å². The molecule has 1 aromatic rings. The highest BCUT2D eigenvalue weighted by atomic mass is 19.4. The first-order valence-corrected chi connectivity index (χ1v) is 6.28. The van der Waals surface area contributed by atoms with Crippen molar-refractivity contribution in [3.63, 3.8) is 0 Å². The molecule has 1 amide bonds. The second-order valence-electron chi connectivity index (χ2n) is 4.94. The standard InChI is InChI=1S/C14H17F4NO2/c1-9(8-21-3)7-19(2)13(20)11-6-10(14(16,17)18)4-5-12(11)15/h4-6,9H,7-8H2,1-3H3/t9-/m1/s1. The third kappa shape index (κ3) is 4.70. The van der Waals surface area contributed by atoms with E-state index in [0.717, 1.165) is 0 Å². The number of amides is 1. The molecule has 1 rings (SSSR count). The molecule has 1 aromatic carbocycles. The summed E-state index contributed by atoms with van der Waals surface area (Å²) in [5.41, 5.74) is -1.64. The van der Waals surface area contributed by atoms with E-state index in [1.165, 1.54) is 19.1 Å². The van der Waals surface area contributed by atoms with Crippen LogP contribution in [0.2, 0.25) is 0 Å². The van der Waals surface area contributed by atoms with Crippen LogP contribution in [0.15, 0.2) is 18.2 Å². The van der Waals surface area contributed by atoms with Crippen LogP contribution < -0.4 is 0 Å². The van der Waals surface area contributed by atoms with Gasteiger partial charge >= 0.3 is 6.18 Å². The summed E-state index contributed by atoms with van der Waals surface area (Å²) in [4.78, 5) is 13.2. The van der Waals surface area contributed by atoms with Gasteiger partial charge in [0, 0.05) is 20.7 Å². The van der Waals surface area contributed by atoms with Gasteiger partial charge in [-0.05, 0) is 24.1 Å². The maximum atomic E-state index is 13.6. The average Bonchev–Trinajstić information content (AvgIpc) is 2.37. The number of methoxy groups -OCH3 is 1. The zero-order valence-electron chi connectivity index (χ0n) is 12.0. The fourth-order valence-electron chi connectivity index (χ4n) is 1.96. The van der Waals surface area contributed by atoms with Crippen LogP contribution in [0.25, 0.3) is 0 Å². The number of hydrogen-bond donors (Lipinski definition) is 0. The number of halogens is 4. The molecular weight excluding hydrogens is 290 g/mol. The fourth-order valence-corrected chi connectivity index (χ4v) is 1.96. The molecule has 21 heavy (non-hydrogen) atoms. The highest BCUT2D eigenvalue weighted by molar-refractivity contribution is 5.94. The van der Waals surface area contributed by atoms with Gasteiger partial charge in [0.05, 0.1) is 17.7 Å². The molecule has 0 saturated carbocycles. The average molecular weight is 307 g/mol. The lowest BCUT2D eigenvalue weighted by molar-refractivity contribution is -0.137. The number of hydrogen-bond acceptors (Lipinski definition) is 2. The van der Waals surface area contributed by atoms with Crippen molar-refractivity contribution >= 4 is 5.91 Å². The molecule has 0 bridgehead atoms. The molecule has 0 N–H and O–H groups in total. The summed E-state index contributed by atoms with van der Waals surface area (Å²) in [6.07, 6.45) is -4.62. The Kier molecular flexibility index (Phi) is 5.71. The van der Waals surface area contributed by atoms with E-state index in [0.29, 0.717) is 24.8 Å². The largest absolute Gasteiger partial charge is 0.416 e. The molecule has 0 aliphatic heterocycles. The van der Waals surface area contributed by atoms with Gasteiger partial charge in [0.1, 0.15) is 5.82 Å². The van der Waals surface area contributed by atoms with E-state index in [1.54, 1.807) is 0 Å². The second kappa shape index (κ2) is 6.89. The molecule has 0 heterocycles. The highest BCUT2D eigenvalue weighted by Crippen LogP contribution is 2.30. The van der Waals surface area contributed by atoms with Crippen LogP contribution in [0.4, 0.5) is 17.6 Å². The molecule has 0 unspecified atom stereocenters. The molecule has 1 atom stereocenters. The number of carbonyl (C=O) groups is 1. The SMILES string of the molecule is COC[C@H](C)CN(C)C(=O)c1cc(C(F)(F)F)ccc1F. The van der Waals surface area contributed by atoms with Crippen LogP contribution in [-0.4, -0.2) is 38.1 Å². The Morgan fingerprint density at radius 2 is 2.00 bits per heavy atom. The summed E-state index contributed by atoms with van der Waals surface area (Å²) in [5.74, 6) is -1.78. The summed E-state index contributed by atoms with van der Waals surface area (Å²) in [6.45, 7) is 2.46. The van der Waals surface area contributed by atoms with Gasteiger partial charge < -0.3 is 9.64 Å². The van der Waals surface area contributed by atoms with Gasteiger partial charge in [-0.3, -0.25) is 4.79 Å². The van der Waals surface area contributed by atoms with Gasteiger partial charge in [0.2, 0.25) is 0 Å². The number of rotatable bonds is 5. The normalized spacial score (nSPS) is 13.1. The Labute approximate surface area is 120 Å². The number of nitrogens with zero attached hydrogens (tertiary/aromatic N) is 1. The topological polar surface area (TPSA) is 29.5 Å². The van der Waals surface area contributed by atoms with Crippen molar-refractivity contribution in [3.8, 4) is 0 Å². The zero-order valence-corrected chi connectivity index (χ0v) is 12.0. The van der Waals surface area contributed by atoms with E-state index in [-0.39, 0.29) is 12.5 Å². The monoisotopic (exact) mass is 307 g/mol. The van der Waals surface area contributed by atoms with E-state index < -0.39 is 29.0 Å². The molecule has 0 aromatic heterocycles. The highest BCUT2D eigenvalue weighted by Gasteiger charge is 2.32. The van der Waals surface area contributed by atoms with Crippen LogP contribution in [-0.2, 0) is 10.9 Å². The third-order valence-corrected chi connectivity index (χ3v) is 2.91. The van der Waals surface area contributed by atoms with Crippen molar-refractivity contribution < 1.29 is 27.1 Å². The van der Waals surface area contributed by atoms with Gasteiger partial charge in [-0.1, -0.05) is 6.92 Å². The Balaban J connectivity index is 2.96. The van der Waals surface area contributed by atoms with Crippen molar-refractivity contribution in [1.29, 1.82) is 0 Å². The Morgan fingerprint density at radius 3 is 2.52 bits per heavy atom. The number of benzene rings is 1. The lowest BCUT2D eigenvalue weighted by Crippen LogP contribution is -2.33. The van der Waals surface area contributed by atoms with Crippen LogP contribution >= 0.6 is 0 Å². The van der Waals surface area contributed by atoms with Crippen molar-refractivity contribution in [3.05, 3.63) is 35.1 Å². The van der Waals surface area contributed by atoms with Gasteiger partial charge in [-0.2, -0.15) is 13.2 Å². The maximum Gasteiger partial charge on any atom is 0.416 e. The summed E-state index contributed by atoms with van der Waals surface area (Å²) in [5, 5.41) is 0. The lowest BCUT2D eigenvalue weighted by atomic mass is 10.1. The minimum absolute atomic E-state index is 0.0159. The molecule has 0 radical (unpaired) electrons. The molecule has 0 aliphatic rings. The number of ether oxygens (including phenoxy) is 1. The summed E-state index contributed by atoms with van der Waals surface area (Å²) >= 11 is 0. The maximum absolute atomic E-state index is 13.6. The van der Waals surface area contributed by atoms with E-state index in [4.69, 9.17) is 4.74 Å². The smallest absolute Gasteiger partial charge is 0.384 e. The molecule has 0 fully saturated rings. The molecule has 0 saturated heterocycles. The molecule has 0 aliphatic carbocycles. The molecular formula is C14H17F4NO2. The van der Waals surface area contributed by atoms with Crippen LogP contribution in [0.1, 0.15) is 22.8 Å². The van der Waals surface area contributed by atoms with Crippen molar-refractivity contribution in [2.75, 3.05) is 27.3 Å². The van der Waals surface area contributed by atoms with Crippen molar-refractivity contribution in [2.24, 2.45) is 5.92 Å². The first-order chi connectivity index (χ1) is 9.66. The summed E-state index contributed by atoms with van der Waals surface area (Å²) in [7, 11) is 2.92. The lowest BCUT2D eigenvalue weighted by Gasteiger charge is -2.22. The van der Waals surface area contributed by atoms with Gasteiger partial charge in [-0.15, -0.1) is 0 Å². The Hall–Kier alpha value is -1.63. The minimum Gasteiger partial charge on any atom is -0.384 e. The minimum atomic E-state index is -4.62. The van der Waals surface area contributed by atoms with E-state index in [1.807, 2.05) is 6.92 Å². The first kappa shape index (κ1) is 17.4. The van der Waals surface area contributed by atoms with Gasteiger partial charge in [0.15, 0.2) is 0 Å². The quantitative estimate of drug-likeness (QED) is 0.782. The second-order valence-corrected chi connectivity index (χ2v) is 4.94. The molecule has 0 spiro atoms.